The predicted octanol–water partition coefficient (Wildman–Crippen LogP) is 1.83. The molecule has 1 aliphatic heterocycles. The van der Waals surface area contributed by atoms with E-state index in [-0.39, 0.29) is 12.0 Å². The van der Waals surface area contributed by atoms with Crippen LogP contribution in [0.15, 0.2) is 0 Å². The number of carboxylic acid groups (broad SMARTS) is 1. The van der Waals surface area contributed by atoms with E-state index in [1.807, 2.05) is 6.92 Å². The molecule has 0 bridgehead atoms. The Labute approximate surface area is 91.5 Å². The summed E-state index contributed by atoms with van der Waals surface area (Å²) >= 11 is 0. The second-order valence-electron chi connectivity index (χ2n) is 5.31. The lowest BCUT2D eigenvalue weighted by molar-refractivity contribution is -0.147. The van der Waals surface area contributed by atoms with Crippen LogP contribution in [0.4, 0.5) is 0 Å². The van der Waals surface area contributed by atoms with Gasteiger partial charge < -0.3 is 10.0 Å². The Bertz CT molecular complexity index is 250. The van der Waals surface area contributed by atoms with E-state index in [4.69, 9.17) is 0 Å². The van der Waals surface area contributed by atoms with Gasteiger partial charge in [0.2, 0.25) is 0 Å². The van der Waals surface area contributed by atoms with Crippen molar-refractivity contribution in [2.24, 2.45) is 17.8 Å². The van der Waals surface area contributed by atoms with E-state index >= 15 is 0 Å². The first kappa shape index (κ1) is 10.9. The third-order valence-electron chi connectivity index (χ3n) is 4.49. The lowest BCUT2D eigenvalue weighted by Crippen LogP contribution is -2.50. The summed E-state index contributed by atoms with van der Waals surface area (Å²) < 4.78 is 0. The lowest BCUT2D eigenvalue weighted by Gasteiger charge is -2.44. The molecule has 3 heteroatoms. The Balaban J connectivity index is 2.02. The molecule has 0 spiro atoms. The predicted molar refractivity (Wildman–Crippen MR) is 58.7 cm³/mol. The van der Waals surface area contributed by atoms with Gasteiger partial charge in [-0.2, -0.15) is 0 Å². The van der Waals surface area contributed by atoms with Crippen molar-refractivity contribution in [1.29, 1.82) is 0 Å². The number of hydrogen-bond donors (Lipinski definition) is 1. The van der Waals surface area contributed by atoms with Gasteiger partial charge in [0.15, 0.2) is 0 Å². The third-order valence-corrected chi connectivity index (χ3v) is 4.49. The molecule has 2 fully saturated rings. The summed E-state index contributed by atoms with van der Waals surface area (Å²) in [6.45, 7) is 3.13. The van der Waals surface area contributed by atoms with Gasteiger partial charge in [-0.25, -0.2) is 0 Å². The number of likely N-dealkylation sites (tertiary alicyclic amines) is 1. The van der Waals surface area contributed by atoms with Gasteiger partial charge in [0.1, 0.15) is 0 Å². The van der Waals surface area contributed by atoms with Crippen molar-refractivity contribution >= 4 is 5.97 Å². The second-order valence-corrected chi connectivity index (χ2v) is 5.31. The highest BCUT2D eigenvalue weighted by Crippen LogP contribution is 2.40. The number of nitrogens with zero attached hydrogens (tertiary/aromatic N) is 1. The van der Waals surface area contributed by atoms with E-state index in [1.165, 1.54) is 19.3 Å². The topological polar surface area (TPSA) is 40.5 Å². The van der Waals surface area contributed by atoms with E-state index in [0.29, 0.717) is 5.92 Å². The molecule has 0 aromatic rings. The average Bonchev–Trinajstić information content (AvgIpc) is 2.07. The van der Waals surface area contributed by atoms with Gasteiger partial charge in [0, 0.05) is 12.6 Å². The van der Waals surface area contributed by atoms with Crippen LogP contribution < -0.4 is 0 Å². The SMILES string of the molecule is CC1C(C(=O)O)CC(C2CCC2)CN1C. The molecule has 0 aromatic heterocycles. The zero-order valence-corrected chi connectivity index (χ0v) is 9.65. The molecule has 0 amide bonds. The minimum absolute atomic E-state index is 0.158. The average molecular weight is 211 g/mol. The minimum atomic E-state index is -0.613. The van der Waals surface area contributed by atoms with Crippen LogP contribution in [0.3, 0.4) is 0 Å². The van der Waals surface area contributed by atoms with E-state index < -0.39 is 5.97 Å². The van der Waals surface area contributed by atoms with Crippen molar-refractivity contribution in [1.82, 2.24) is 4.90 Å². The van der Waals surface area contributed by atoms with Crippen LogP contribution in [0.1, 0.15) is 32.6 Å². The Kier molecular flexibility index (Phi) is 3.01. The molecule has 2 rings (SSSR count). The van der Waals surface area contributed by atoms with Gasteiger partial charge in [-0.1, -0.05) is 19.3 Å². The molecule has 1 N–H and O–H groups in total. The number of piperidine rings is 1. The van der Waals surface area contributed by atoms with E-state index in [9.17, 15) is 9.90 Å². The van der Waals surface area contributed by atoms with Crippen molar-refractivity contribution in [2.75, 3.05) is 13.6 Å². The van der Waals surface area contributed by atoms with E-state index in [0.717, 1.165) is 18.9 Å². The first-order valence-corrected chi connectivity index (χ1v) is 6.02. The van der Waals surface area contributed by atoms with Crippen LogP contribution in [0.2, 0.25) is 0 Å². The molecule has 1 heterocycles. The quantitative estimate of drug-likeness (QED) is 0.757. The van der Waals surface area contributed by atoms with Crippen LogP contribution >= 0.6 is 0 Å². The first-order valence-electron chi connectivity index (χ1n) is 6.02. The van der Waals surface area contributed by atoms with Gasteiger partial charge >= 0.3 is 5.97 Å². The molecular formula is C12H21NO2. The van der Waals surface area contributed by atoms with Crippen molar-refractivity contribution in [2.45, 2.75) is 38.6 Å². The molecule has 1 aliphatic carbocycles. The van der Waals surface area contributed by atoms with Gasteiger partial charge in [-0.3, -0.25) is 4.79 Å². The summed E-state index contributed by atoms with van der Waals surface area (Å²) in [6, 6.07) is 0.193. The Morgan fingerprint density at radius 2 is 2.00 bits per heavy atom. The minimum Gasteiger partial charge on any atom is -0.481 e. The highest BCUT2D eigenvalue weighted by Gasteiger charge is 2.40. The maximum atomic E-state index is 11.2. The van der Waals surface area contributed by atoms with Gasteiger partial charge in [0.25, 0.3) is 0 Å². The molecule has 3 unspecified atom stereocenters. The van der Waals surface area contributed by atoms with Crippen molar-refractivity contribution < 1.29 is 9.90 Å². The summed E-state index contributed by atoms with van der Waals surface area (Å²) in [5.41, 5.74) is 0. The number of aliphatic carboxylic acids is 1. The fourth-order valence-corrected chi connectivity index (χ4v) is 3.00. The summed E-state index contributed by atoms with van der Waals surface area (Å²) in [6.07, 6.45) is 4.88. The van der Waals surface area contributed by atoms with E-state index in [2.05, 4.69) is 11.9 Å². The third kappa shape index (κ3) is 2.03. The van der Waals surface area contributed by atoms with Crippen LogP contribution in [0.25, 0.3) is 0 Å². The summed E-state index contributed by atoms with van der Waals surface area (Å²) in [5.74, 6) is 0.663. The summed E-state index contributed by atoms with van der Waals surface area (Å²) in [7, 11) is 2.06. The van der Waals surface area contributed by atoms with Crippen molar-refractivity contribution in [3.63, 3.8) is 0 Å². The zero-order chi connectivity index (χ0) is 11.0. The molecule has 0 radical (unpaired) electrons. The fraction of sp³-hybridized carbons (Fsp3) is 0.917. The van der Waals surface area contributed by atoms with Crippen LogP contribution in [0.5, 0.6) is 0 Å². The molecule has 0 aromatic carbocycles. The monoisotopic (exact) mass is 211 g/mol. The largest absolute Gasteiger partial charge is 0.481 e. The number of rotatable bonds is 2. The Morgan fingerprint density at radius 3 is 2.47 bits per heavy atom. The van der Waals surface area contributed by atoms with Gasteiger partial charge in [-0.15, -0.1) is 0 Å². The summed E-state index contributed by atoms with van der Waals surface area (Å²) in [4.78, 5) is 13.4. The Hall–Kier alpha value is -0.570. The fourth-order valence-electron chi connectivity index (χ4n) is 3.00. The van der Waals surface area contributed by atoms with Crippen molar-refractivity contribution in [3.05, 3.63) is 0 Å². The molecule has 3 nitrogen and oxygen atoms in total. The van der Waals surface area contributed by atoms with Crippen molar-refractivity contribution in [3.8, 4) is 0 Å². The molecule has 86 valence electrons. The summed E-state index contributed by atoms with van der Waals surface area (Å²) in [5, 5.41) is 9.19. The number of carboxylic acids is 1. The van der Waals surface area contributed by atoms with Gasteiger partial charge in [0.05, 0.1) is 5.92 Å². The molecule has 1 saturated heterocycles. The lowest BCUT2D eigenvalue weighted by atomic mass is 9.69. The molecule has 15 heavy (non-hydrogen) atoms. The van der Waals surface area contributed by atoms with Crippen LogP contribution in [0, 0.1) is 17.8 Å². The number of carbonyl (C=O) groups is 1. The molecular weight excluding hydrogens is 190 g/mol. The maximum absolute atomic E-state index is 11.2. The van der Waals surface area contributed by atoms with Gasteiger partial charge in [-0.05, 0) is 32.2 Å². The second kappa shape index (κ2) is 4.12. The molecule has 3 atom stereocenters. The Morgan fingerprint density at radius 1 is 1.33 bits per heavy atom. The van der Waals surface area contributed by atoms with Crippen LogP contribution in [-0.4, -0.2) is 35.6 Å². The highest BCUT2D eigenvalue weighted by molar-refractivity contribution is 5.71. The molecule has 2 aliphatic rings. The zero-order valence-electron chi connectivity index (χ0n) is 9.65. The van der Waals surface area contributed by atoms with Crippen LogP contribution in [-0.2, 0) is 4.79 Å². The molecule has 1 saturated carbocycles. The first-order chi connectivity index (χ1) is 7.09. The standard InChI is InChI=1S/C12H21NO2/c1-8-11(12(14)15)6-10(7-13(8)2)9-4-3-5-9/h8-11H,3-7H2,1-2H3,(H,14,15). The van der Waals surface area contributed by atoms with E-state index in [1.54, 1.807) is 0 Å². The maximum Gasteiger partial charge on any atom is 0.308 e. The number of hydrogen-bond acceptors (Lipinski definition) is 2. The highest BCUT2D eigenvalue weighted by atomic mass is 16.4. The normalized spacial score (nSPS) is 38.7. The smallest absolute Gasteiger partial charge is 0.308 e.